The number of aromatic nitrogens is 2. The van der Waals surface area contributed by atoms with Crippen LogP contribution in [0.5, 0.6) is 0 Å². The summed E-state index contributed by atoms with van der Waals surface area (Å²) in [5, 5.41) is 9.58. The number of nitrogens with one attached hydrogen (secondary N) is 2. The number of hydrogen-bond donors (Lipinski definition) is 2. The summed E-state index contributed by atoms with van der Waals surface area (Å²) in [6.45, 7) is 5.28. The van der Waals surface area contributed by atoms with Crippen LogP contribution in [-0.2, 0) is 0 Å². The molecule has 0 unspecified atom stereocenters. The summed E-state index contributed by atoms with van der Waals surface area (Å²) in [6.07, 6.45) is 1.57. The van der Waals surface area contributed by atoms with E-state index in [-0.39, 0.29) is 23.2 Å². The molecule has 1 aromatic heterocycles. The lowest BCUT2D eigenvalue weighted by molar-refractivity contribution is 0.0711. The monoisotopic (exact) mass is 420 g/mol. The summed E-state index contributed by atoms with van der Waals surface area (Å²) < 4.78 is 13.8. The lowest BCUT2D eigenvalue weighted by atomic mass is 9.93. The van der Waals surface area contributed by atoms with Crippen LogP contribution in [0.2, 0.25) is 0 Å². The maximum absolute atomic E-state index is 13.8. The lowest BCUT2D eigenvalue weighted by Gasteiger charge is -2.31. The van der Waals surface area contributed by atoms with E-state index in [0.29, 0.717) is 13.1 Å². The Kier molecular flexibility index (Phi) is 5.84. The SMILES string of the molecule is Cc1cc(C)cc(C(=O)N2CCC(c3cc(C(=O)Nc4ccccc4F)n[nH]3)CC2)c1. The number of para-hydroxylation sites is 1. The van der Waals surface area contributed by atoms with Crippen LogP contribution in [0.4, 0.5) is 10.1 Å². The van der Waals surface area contributed by atoms with Crippen molar-refractivity contribution in [3.05, 3.63) is 82.4 Å². The second kappa shape index (κ2) is 8.71. The van der Waals surface area contributed by atoms with Gasteiger partial charge < -0.3 is 10.2 Å². The van der Waals surface area contributed by atoms with Crippen LogP contribution in [0.3, 0.4) is 0 Å². The highest BCUT2D eigenvalue weighted by Crippen LogP contribution is 2.28. The molecule has 0 saturated carbocycles. The summed E-state index contributed by atoms with van der Waals surface area (Å²) >= 11 is 0. The molecule has 6 nitrogen and oxygen atoms in total. The fourth-order valence-corrected chi connectivity index (χ4v) is 4.09. The van der Waals surface area contributed by atoms with Crippen molar-refractivity contribution in [1.82, 2.24) is 15.1 Å². The molecule has 2 aromatic carbocycles. The molecule has 0 bridgehead atoms. The fourth-order valence-electron chi connectivity index (χ4n) is 4.09. The highest BCUT2D eigenvalue weighted by atomic mass is 19.1. The summed E-state index contributed by atoms with van der Waals surface area (Å²) in [6, 6.07) is 13.6. The molecule has 0 spiro atoms. The van der Waals surface area contributed by atoms with Gasteiger partial charge in [0, 0.05) is 30.3 Å². The minimum Gasteiger partial charge on any atom is -0.339 e. The van der Waals surface area contributed by atoms with E-state index in [9.17, 15) is 14.0 Å². The first kappa shape index (κ1) is 20.8. The van der Waals surface area contributed by atoms with Gasteiger partial charge in [0.05, 0.1) is 5.69 Å². The maximum atomic E-state index is 13.8. The fraction of sp³-hybridized carbons (Fsp3) is 0.292. The van der Waals surface area contributed by atoms with E-state index in [1.165, 1.54) is 12.1 Å². The average molecular weight is 420 g/mol. The zero-order valence-electron chi connectivity index (χ0n) is 17.6. The van der Waals surface area contributed by atoms with Crippen molar-refractivity contribution in [1.29, 1.82) is 0 Å². The Bertz CT molecular complexity index is 1100. The highest BCUT2D eigenvalue weighted by Gasteiger charge is 2.26. The number of aryl methyl sites for hydroxylation is 2. The van der Waals surface area contributed by atoms with E-state index in [2.05, 4.69) is 21.6 Å². The number of benzene rings is 2. The molecule has 1 saturated heterocycles. The number of nitrogens with zero attached hydrogens (tertiary/aromatic N) is 2. The zero-order valence-corrected chi connectivity index (χ0v) is 17.6. The normalized spacial score (nSPS) is 14.5. The number of likely N-dealkylation sites (tertiary alicyclic amines) is 1. The second-order valence-electron chi connectivity index (χ2n) is 8.09. The van der Waals surface area contributed by atoms with Gasteiger partial charge in [-0.3, -0.25) is 14.7 Å². The third kappa shape index (κ3) is 4.66. The van der Waals surface area contributed by atoms with Crippen molar-refractivity contribution in [2.75, 3.05) is 18.4 Å². The molecule has 4 rings (SSSR count). The molecular weight excluding hydrogens is 395 g/mol. The predicted molar refractivity (Wildman–Crippen MR) is 117 cm³/mol. The molecule has 7 heteroatoms. The molecule has 0 aliphatic carbocycles. The van der Waals surface area contributed by atoms with Gasteiger partial charge in [0.25, 0.3) is 11.8 Å². The van der Waals surface area contributed by atoms with E-state index in [1.807, 2.05) is 30.9 Å². The predicted octanol–water partition coefficient (Wildman–Crippen LogP) is 4.44. The van der Waals surface area contributed by atoms with Gasteiger partial charge in [0.1, 0.15) is 5.82 Å². The van der Waals surface area contributed by atoms with Gasteiger partial charge in [0.15, 0.2) is 5.69 Å². The zero-order chi connectivity index (χ0) is 22.0. The molecule has 0 atom stereocenters. The molecule has 0 radical (unpaired) electrons. The minimum absolute atomic E-state index is 0.0554. The summed E-state index contributed by atoms with van der Waals surface area (Å²) in [4.78, 5) is 27.1. The first-order chi connectivity index (χ1) is 14.9. The summed E-state index contributed by atoms with van der Waals surface area (Å²) in [7, 11) is 0. The molecule has 2 amide bonds. The van der Waals surface area contributed by atoms with E-state index in [4.69, 9.17) is 0 Å². The second-order valence-corrected chi connectivity index (χ2v) is 8.09. The quantitative estimate of drug-likeness (QED) is 0.655. The number of anilines is 1. The van der Waals surface area contributed by atoms with Crippen LogP contribution in [0.25, 0.3) is 0 Å². The number of halogens is 1. The van der Waals surface area contributed by atoms with E-state index in [1.54, 1.807) is 18.2 Å². The number of carbonyl (C=O) groups excluding carboxylic acids is 2. The molecule has 1 fully saturated rings. The molecule has 1 aliphatic heterocycles. The Labute approximate surface area is 180 Å². The topological polar surface area (TPSA) is 78.1 Å². The summed E-state index contributed by atoms with van der Waals surface area (Å²) in [5.74, 6) is -0.715. The number of piperidine rings is 1. The largest absolute Gasteiger partial charge is 0.339 e. The molecule has 31 heavy (non-hydrogen) atoms. The number of aromatic amines is 1. The van der Waals surface area contributed by atoms with Crippen LogP contribution in [0.15, 0.2) is 48.5 Å². The van der Waals surface area contributed by atoms with Gasteiger partial charge in [-0.05, 0) is 57.0 Å². The Morgan fingerprint density at radius 3 is 2.42 bits per heavy atom. The van der Waals surface area contributed by atoms with Crippen molar-refractivity contribution in [3.63, 3.8) is 0 Å². The van der Waals surface area contributed by atoms with Crippen molar-refractivity contribution in [3.8, 4) is 0 Å². The van der Waals surface area contributed by atoms with Crippen molar-refractivity contribution in [2.24, 2.45) is 0 Å². The van der Waals surface area contributed by atoms with Crippen molar-refractivity contribution in [2.45, 2.75) is 32.6 Å². The van der Waals surface area contributed by atoms with Gasteiger partial charge in [-0.2, -0.15) is 5.10 Å². The minimum atomic E-state index is -0.493. The first-order valence-electron chi connectivity index (χ1n) is 10.4. The summed E-state index contributed by atoms with van der Waals surface area (Å²) in [5.41, 5.74) is 4.08. The number of H-pyrrole nitrogens is 1. The highest BCUT2D eigenvalue weighted by molar-refractivity contribution is 6.03. The van der Waals surface area contributed by atoms with Crippen LogP contribution in [0.1, 0.15) is 56.4 Å². The van der Waals surface area contributed by atoms with Crippen LogP contribution in [-0.4, -0.2) is 40.0 Å². The average Bonchev–Trinajstić information content (AvgIpc) is 3.25. The number of carbonyl (C=O) groups is 2. The van der Waals surface area contributed by atoms with Crippen LogP contribution in [0, 0.1) is 19.7 Å². The molecule has 2 N–H and O–H groups in total. The maximum Gasteiger partial charge on any atom is 0.276 e. The number of hydrogen-bond acceptors (Lipinski definition) is 3. The van der Waals surface area contributed by atoms with Crippen LogP contribution >= 0.6 is 0 Å². The van der Waals surface area contributed by atoms with Gasteiger partial charge >= 0.3 is 0 Å². The van der Waals surface area contributed by atoms with Crippen molar-refractivity contribution < 1.29 is 14.0 Å². The van der Waals surface area contributed by atoms with Gasteiger partial charge in [-0.25, -0.2) is 4.39 Å². The standard InChI is InChI=1S/C24H25FN4O2/c1-15-11-16(2)13-18(12-15)24(31)29-9-7-17(8-10-29)21-14-22(28-27-21)23(30)26-20-6-4-3-5-19(20)25/h3-6,11-14,17H,7-10H2,1-2H3,(H,26,30)(H,27,28). The molecule has 3 aromatic rings. The van der Waals surface area contributed by atoms with Gasteiger partial charge in [-0.1, -0.05) is 29.3 Å². The van der Waals surface area contributed by atoms with E-state index < -0.39 is 11.7 Å². The Balaban J connectivity index is 1.37. The smallest absolute Gasteiger partial charge is 0.276 e. The van der Waals surface area contributed by atoms with Crippen LogP contribution < -0.4 is 5.32 Å². The first-order valence-corrected chi connectivity index (χ1v) is 10.4. The number of amides is 2. The van der Waals surface area contributed by atoms with Crippen molar-refractivity contribution >= 4 is 17.5 Å². The van der Waals surface area contributed by atoms with Gasteiger partial charge in [-0.15, -0.1) is 0 Å². The molecule has 160 valence electrons. The third-order valence-corrected chi connectivity index (χ3v) is 5.64. The number of rotatable bonds is 4. The molecular formula is C24H25FN4O2. The Morgan fingerprint density at radius 1 is 1.06 bits per heavy atom. The molecule has 2 heterocycles. The lowest BCUT2D eigenvalue weighted by Crippen LogP contribution is -2.38. The Hall–Kier alpha value is -3.48. The van der Waals surface area contributed by atoms with E-state index in [0.717, 1.165) is 35.2 Å². The molecule has 1 aliphatic rings. The van der Waals surface area contributed by atoms with Gasteiger partial charge in [0.2, 0.25) is 0 Å². The van der Waals surface area contributed by atoms with E-state index >= 15 is 0 Å². The Morgan fingerprint density at radius 2 is 1.74 bits per heavy atom. The third-order valence-electron chi connectivity index (χ3n) is 5.64.